The van der Waals surface area contributed by atoms with Gasteiger partial charge in [0.05, 0.1) is 18.2 Å². The van der Waals surface area contributed by atoms with E-state index >= 15 is 0 Å². The lowest BCUT2D eigenvalue weighted by molar-refractivity contribution is 0.0341. The van der Waals surface area contributed by atoms with E-state index in [-0.39, 0.29) is 30.6 Å². The summed E-state index contributed by atoms with van der Waals surface area (Å²) >= 11 is 0. The summed E-state index contributed by atoms with van der Waals surface area (Å²) in [6.45, 7) is 5.62. The van der Waals surface area contributed by atoms with Gasteiger partial charge in [-0.2, -0.15) is 0 Å². The molecular weight excluding hydrogens is 480 g/mol. The van der Waals surface area contributed by atoms with Crippen LogP contribution in [0.3, 0.4) is 0 Å². The average Bonchev–Trinajstić information content (AvgIpc) is 2.91. The summed E-state index contributed by atoms with van der Waals surface area (Å²) in [5.41, 5.74) is 2.70. The van der Waals surface area contributed by atoms with E-state index in [1.54, 1.807) is 35.2 Å². The van der Waals surface area contributed by atoms with E-state index in [9.17, 15) is 14.7 Å². The molecule has 0 radical (unpaired) electrons. The molecule has 3 N–H and O–H groups in total. The second-order valence-corrected chi connectivity index (χ2v) is 9.96. The molecule has 0 aliphatic carbocycles. The number of hydrogen-bond acceptors (Lipinski definition) is 5. The number of rotatable bonds is 8. The zero-order valence-corrected chi connectivity index (χ0v) is 22.1. The predicted molar refractivity (Wildman–Crippen MR) is 149 cm³/mol. The van der Waals surface area contributed by atoms with Gasteiger partial charge in [0.1, 0.15) is 11.9 Å². The Labute approximate surface area is 224 Å². The first-order chi connectivity index (χ1) is 18.3. The Morgan fingerprint density at radius 2 is 1.71 bits per heavy atom. The number of nitrogens with zero attached hydrogens (tertiary/aromatic N) is 2. The van der Waals surface area contributed by atoms with Crippen molar-refractivity contribution < 1.29 is 19.4 Å². The third kappa shape index (κ3) is 6.90. The average molecular weight is 517 g/mol. The van der Waals surface area contributed by atoms with Crippen LogP contribution in [-0.2, 0) is 6.54 Å². The Morgan fingerprint density at radius 1 is 1.05 bits per heavy atom. The number of likely N-dealkylation sites (N-methyl/N-ethyl adjacent to an activating group) is 1. The molecule has 3 amide bonds. The van der Waals surface area contributed by atoms with Gasteiger partial charge < -0.3 is 25.4 Å². The highest BCUT2D eigenvalue weighted by molar-refractivity contribution is 6.02. The molecular formula is C30H36N4O4. The van der Waals surface area contributed by atoms with Gasteiger partial charge in [-0.1, -0.05) is 55.5 Å². The SMILES string of the molecule is C[C@@H]1CN([C@H](C)CO)C(=O)c2cc(NC(=O)Nc3ccccc3)ccc2O[C@@H]1CN(C)Cc1ccccc1. The fourth-order valence-corrected chi connectivity index (χ4v) is 4.60. The van der Waals surface area contributed by atoms with Gasteiger partial charge in [0.2, 0.25) is 0 Å². The van der Waals surface area contributed by atoms with E-state index in [1.807, 2.05) is 43.3 Å². The Hall–Kier alpha value is -3.88. The number of fused-ring (bicyclic) bond motifs is 1. The Kier molecular flexibility index (Phi) is 8.99. The van der Waals surface area contributed by atoms with Gasteiger partial charge in [-0.3, -0.25) is 9.69 Å². The minimum Gasteiger partial charge on any atom is -0.488 e. The van der Waals surface area contributed by atoms with Crippen LogP contribution in [0.4, 0.5) is 16.2 Å². The second-order valence-electron chi connectivity index (χ2n) is 9.96. The standard InChI is InChI=1S/C30H36N4O4/c1-21-17-34(22(2)20-35)29(36)26-16-25(32-30(37)31-24-12-8-5-9-13-24)14-15-27(26)38-28(21)19-33(3)18-23-10-6-4-7-11-23/h4-16,21-22,28,35H,17-20H2,1-3H3,(H2,31,32,37)/t21-,22-,28-/m1/s1. The maximum absolute atomic E-state index is 13.6. The Morgan fingerprint density at radius 3 is 2.39 bits per heavy atom. The van der Waals surface area contributed by atoms with Gasteiger partial charge >= 0.3 is 6.03 Å². The van der Waals surface area contributed by atoms with Crippen LogP contribution in [0.5, 0.6) is 5.75 Å². The molecule has 0 fully saturated rings. The van der Waals surface area contributed by atoms with Crippen LogP contribution in [0.25, 0.3) is 0 Å². The van der Waals surface area contributed by atoms with E-state index in [1.165, 1.54) is 5.56 Å². The number of aliphatic hydroxyl groups is 1. The Bertz CT molecular complexity index is 1220. The third-order valence-electron chi connectivity index (χ3n) is 6.74. The number of para-hydroxylation sites is 1. The minimum atomic E-state index is -0.412. The summed E-state index contributed by atoms with van der Waals surface area (Å²) in [4.78, 5) is 30.1. The monoisotopic (exact) mass is 516 g/mol. The topological polar surface area (TPSA) is 94.1 Å². The number of nitrogens with one attached hydrogen (secondary N) is 2. The molecule has 3 aromatic carbocycles. The van der Waals surface area contributed by atoms with Crippen molar-refractivity contribution in [2.45, 2.75) is 32.5 Å². The van der Waals surface area contributed by atoms with E-state index < -0.39 is 6.03 Å². The molecule has 0 unspecified atom stereocenters. The highest BCUT2D eigenvalue weighted by Crippen LogP contribution is 2.31. The van der Waals surface area contributed by atoms with E-state index in [2.05, 4.69) is 41.6 Å². The van der Waals surface area contributed by atoms with Crippen LogP contribution < -0.4 is 15.4 Å². The van der Waals surface area contributed by atoms with Crippen molar-refractivity contribution in [1.29, 1.82) is 0 Å². The largest absolute Gasteiger partial charge is 0.488 e. The van der Waals surface area contributed by atoms with Crippen LogP contribution in [0.2, 0.25) is 0 Å². The van der Waals surface area contributed by atoms with Crippen molar-refractivity contribution in [1.82, 2.24) is 9.80 Å². The molecule has 0 saturated carbocycles. The summed E-state index contributed by atoms with van der Waals surface area (Å²) in [6.07, 6.45) is -0.191. The van der Waals surface area contributed by atoms with Gasteiger partial charge in [-0.25, -0.2) is 4.79 Å². The quantitative estimate of drug-likeness (QED) is 0.404. The maximum atomic E-state index is 13.6. The summed E-state index contributed by atoms with van der Waals surface area (Å²) < 4.78 is 6.47. The van der Waals surface area contributed by atoms with Gasteiger partial charge in [0, 0.05) is 36.9 Å². The predicted octanol–water partition coefficient (Wildman–Crippen LogP) is 4.68. The van der Waals surface area contributed by atoms with Crippen LogP contribution in [0.1, 0.15) is 29.8 Å². The molecule has 1 aliphatic heterocycles. The van der Waals surface area contributed by atoms with Crippen molar-refractivity contribution in [2.75, 3.05) is 37.4 Å². The zero-order chi connectivity index (χ0) is 27.1. The van der Waals surface area contributed by atoms with Gasteiger partial charge in [0.25, 0.3) is 5.91 Å². The number of carbonyl (C=O) groups is 2. The Balaban J connectivity index is 1.56. The number of urea groups is 1. The number of hydrogen-bond donors (Lipinski definition) is 3. The maximum Gasteiger partial charge on any atom is 0.323 e. The molecule has 0 saturated heterocycles. The summed E-state index contributed by atoms with van der Waals surface area (Å²) in [7, 11) is 2.06. The minimum absolute atomic E-state index is 0.0220. The first kappa shape index (κ1) is 27.2. The molecule has 3 atom stereocenters. The molecule has 38 heavy (non-hydrogen) atoms. The van der Waals surface area contributed by atoms with Crippen molar-refractivity contribution in [3.63, 3.8) is 0 Å². The molecule has 3 aromatic rings. The summed E-state index contributed by atoms with van der Waals surface area (Å²) in [6, 6.07) is 23.7. The molecule has 1 aliphatic rings. The normalized spacial score (nSPS) is 18.1. The van der Waals surface area contributed by atoms with E-state index in [4.69, 9.17) is 4.74 Å². The lowest BCUT2D eigenvalue weighted by atomic mass is 9.99. The fourth-order valence-electron chi connectivity index (χ4n) is 4.60. The smallest absolute Gasteiger partial charge is 0.323 e. The first-order valence-corrected chi connectivity index (χ1v) is 12.9. The molecule has 4 rings (SSSR count). The number of aliphatic hydroxyl groups excluding tert-OH is 1. The van der Waals surface area contributed by atoms with Crippen LogP contribution in [-0.4, -0.2) is 65.7 Å². The molecule has 1 heterocycles. The number of amides is 3. The van der Waals surface area contributed by atoms with Crippen LogP contribution in [0, 0.1) is 5.92 Å². The molecule has 0 aromatic heterocycles. The lowest BCUT2D eigenvalue weighted by Gasteiger charge is -2.38. The highest BCUT2D eigenvalue weighted by atomic mass is 16.5. The molecule has 0 bridgehead atoms. The highest BCUT2D eigenvalue weighted by Gasteiger charge is 2.33. The molecule has 8 heteroatoms. The van der Waals surface area contributed by atoms with Crippen molar-refractivity contribution in [3.8, 4) is 5.75 Å². The third-order valence-corrected chi connectivity index (χ3v) is 6.74. The van der Waals surface area contributed by atoms with Crippen molar-refractivity contribution >= 4 is 23.3 Å². The van der Waals surface area contributed by atoms with Crippen molar-refractivity contribution in [3.05, 3.63) is 90.0 Å². The van der Waals surface area contributed by atoms with Gasteiger partial charge in [-0.15, -0.1) is 0 Å². The summed E-state index contributed by atoms with van der Waals surface area (Å²) in [5, 5.41) is 15.5. The number of benzene rings is 3. The number of carbonyl (C=O) groups excluding carboxylic acids is 2. The number of ether oxygens (including phenoxy) is 1. The lowest BCUT2D eigenvalue weighted by Crippen LogP contribution is -2.49. The van der Waals surface area contributed by atoms with Gasteiger partial charge in [-0.05, 0) is 49.9 Å². The first-order valence-electron chi connectivity index (χ1n) is 12.9. The van der Waals surface area contributed by atoms with Crippen LogP contribution in [0.15, 0.2) is 78.9 Å². The zero-order valence-electron chi connectivity index (χ0n) is 22.1. The fraction of sp³-hybridized carbons (Fsp3) is 0.333. The number of anilines is 2. The van der Waals surface area contributed by atoms with E-state index in [0.29, 0.717) is 35.8 Å². The second kappa shape index (κ2) is 12.6. The van der Waals surface area contributed by atoms with E-state index in [0.717, 1.165) is 6.54 Å². The molecule has 0 spiro atoms. The molecule has 200 valence electrons. The summed E-state index contributed by atoms with van der Waals surface area (Å²) in [5.74, 6) is 0.245. The van der Waals surface area contributed by atoms with Gasteiger partial charge in [0.15, 0.2) is 0 Å². The van der Waals surface area contributed by atoms with Crippen LogP contribution >= 0.6 is 0 Å². The molecule has 8 nitrogen and oxygen atoms in total. The van der Waals surface area contributed by atoms with Crippen molar-refractivity contribution in [2.24, 2.45) is 5.92 Å².